The average Bonchev–Trinajstić information content (AvgIpc) is 3.10. The van der Waals surface area contributed by atoms with E-state index in [1.165, 1.54) is 4.31 Å². The molecule has 0 saturated heterocycles. The van der Waals surface area contributed by atoms with Crippen molar-refractivity contribution in [3.8, 4) is 0 Å². The zero-order valence-electron chi connectivity index (χ0n) is 14.9. The van der Waals surface area contributed by atoms with Crippen LogP contribution >= 0.6 is 0 Å². The molecule has 1 aliphatic rings. The van der Waals surface area contributed by atoms with E-state index in [4.69, 9.17) is 0 Å². The number of carbonyl (C=O) groups is 1. The number of fused-ring (bicyclic) bond motifs is 2. The molecule has 2 heterocycles. The van der Waals surface area contributed by atoms with E-state index in [0.29, 0.717) is 35.1 Å². The van der Waals surface area contributed by atoms with Gasteiger partial charge < -0.3 is 0 Å². The van der Waals surface area contributed by atoms with Crippen molar-refractivity contribution in [2.24, 2.45) is 0 Å². The Morgan fingerprint density at radius 1 is 1.21 bits per heavy atom. The molecule has 0 spiro atoms. The van der Waals surface area contributed by atoms with Gasteiger partial charge in [0, 0.05) is 12.1 Å². The summed E-state index contributed by atoms with van der Waals surface area (Å²) in [5.74, 6) is -0.321. The maximum absolute atomic E-state index is 12.4. The molecule has 0 bridgehead atoms. The fourth-order valence-corrected chi connectivity index (χ4v) is 4.15. The van der Waals surface area contributed by atoms with Crippen molar-refractivity contribution in [3.05, 3.63) is 63.9 Å². The quantitative estimate of drug-likeness (QED) is 0.562. The molecular formula is C18H17N5O4S. The van der Waals surface area contributed by atoms with Crippen LogP contribution in [0.3, 0.4) is 0 Å². The maximum Gasteiger partial charge on any atom is 0.269 e. The molecule has 144 valence electrons. The van der Waals surface area contributed by atoms with Gasteiger partial charge in [-0.05, 0) is 42.3 Å². The molecule has 28 heavy (non-hydrogen) atoms. The average molecular weight is 399 g/mol. The Kier molecular flexibility index (Phi) is 4.27. The highest BCUT2D eigenvalue weighted by molar-refractivity contribution is 7.92. The highest BCUT2D eigenvalue weighted by atomic mass is 32.2. The van der Waals surface area contributed by atoms with Gasteiger partial charge in [0.05, 0.1) is 22.8 Å². The Labute approximate surface area is 160 Å². The van der Waals surface area contributed by atoms with Crippen LogP contribution in [0.1, 0.15) is 15.9 Å². The first kappa shape index (κ1) is 18.0. The Balaban J connectivity index is 1.52. The van der Waals surface area contributed by atoms with Crippen LogP contribution in [0, 0.1) is 0 Å². The SMILES string of the molecule is CS(=O)(=O)N1CCc2cc(C(=O)NNc3nc4ccccc4c(=O)[nH]3)ccc21. The second-order valence-corrected chi connectivity index (χ2v) is 8.35. The number of H-pyrrole nitrogens is 1. The van der Waals surface area contributed by atoms with E-state index in [1.54, 1.807) is 42.5 Å². The van der Waals surface area contributed by atoms with Gasteiger partial charge in [0.25, 0.3) is 11.5 Å². The first-order valence-corrected chi connectivity index (χ1v) is 10.3. The van der Waals surface area contributed by atoms with Crippen molar-refractivity contribution in [1.82, 2.24) is 15.4 Å². The van der Waals surface area contributed by atoms with Crippen molar-refractivity contribution in [3.63, 3.8) is 0 Å². The van der Waals surface area contributed by atoms with Crippen LogP contribution in [0.15, 0.2) is 47.3 Å². The summed E-state index contributed by atoms with van der Waals surface area (Å²) in [7, 11) is -3.34. The number of amides is 1. The number of anilines is 2. The summed E-state index contributed by atoms with van der Waals surface area (Å²) in [4.78, 5) is 31.3. The molecule has 10 heteroatoms. The lowest BCUT2D eigenvalue weighted by Crippen LogP contribution is -2.31. The van der Waals surface area contributed by atoms with Gasteiger partial charge in [0.1, 0.15) is 0 Å². The molecule has 0 radical (unpaired) electrons. The summed E-state index contributed by atoms with van der Waals surface area (Å²) in [6.45, 7) is 0.361. The van der Waals surface area contributed by atoms with Crippen molar-refractivity contribution >= 4 is 38.5 Å². The van der Waals surface area contributed by atoms with E-state index in [2.05, 4.69) is 20.8 Å². The van der Waals surface area contributed by atoms with Gasteiger partial charge in [-0.15, -0.1) is 0 Å². The molecule has 1 aromatic heterocycles. The Morgan fingerprint density at radius 3 is 2.79 bits per heavy atom. The van der Waals surface area contributed by atoms with Gasteiger partial charge in [0.15, 0.2) is 0 Å². The van der Waals surface area contributed by atoms with Crippen LogP contribution in [-0.2, 0) is 16.4 Å². The molecule has 9 nitrogen and oxygen atoms in total. The smallest absolute Gasteiger partial charge is 0.269 e. The predicted octanol–water partition coefficient (Wildman–Crippen LogP) is 1.00. The molecule has 0 atom stereocenters. The molecule has 0 unspecified atom stereocenters. The number of nitrogens with one attached hydrogen (secondary N) is 3. The highest BCUT2D eigenvalue weighted by Gasteiger charge is 2.26. The lowest BCUT2D eigenvalue weighted by molar-refractivity contribution is 0.0962. The molecule has 1 aliphatic heterocycles. The number of carbonyl (C=O) groups excluding carboxylic acids is 1. The third-order valence-corrected chi connectivity index (χ3v) is 5.68. The topological polar surface area (TPSA) is 124 Å². The summed E-state index contributed by atoms with van der Waals surface area (Å²) in [6.07, 6.45) is 1.69. The monoisotopic (exact) mass is 399 g/mol. The number of nitrogens with zero attached hydrogens (tertiary/aromatic N) is 2. The largest absolute Gasteiger partial charge is 0.291 e. The summed E-state index contributed by atoms with van der Waals surface area (Å²) in [6, 6.07) is 11.7. The van der Waals surface area contributed by atoms with Gasteiger partial charge in [-0.25, -0.2) is 13.4 Å². The van der Waals surface area contributed by atoms with E-state index < -0.39 is 15.9 Å². The van der Waals surface area contributed by atoms with Crippen LogP contribution in [0.4, 0.5) is 11.6 Å². The maximum atomic E-state index is 12.4. The molecular weight excluding hydrogens is 382 g/mol. The van der Waals surface area contributed by atoms with Crippen LogP contribution in [0.2, 0.25) is 0 Å². The Bertz CT molecular complexity index is 1250. The minimum absolute atomic E-state index is 0.112. The van der Waals surface area contributed by atoms with E-state index in [-0.39, 0.29) is 11.5 Å². The first-order chi connectivity index (χ1) is 13.3. The van der Waals surface area contributed by atoms with Gasteiger partial charge in [-0.1, -0.05) is 12.1 Å². The van der Waals surface area contributed by atoms with E-state index in [9.17, 15) is 18.0 Å². The van der Waals surface area contributed by atoms with Gasteiger partial charge in [-0.2, -0.15) is 0 Å². The second kappa shape index (κ2) is 6.64. The number of hydrazine groups is 1. The highest BCUT2D eigenvalue weighted by Crippen LogP contribution is 2.30. The lowest BCUT2D eigenvalue weighted by Gasteiger charge is -2.16. The fourth-order valence-electron chi connectivity index (χ4n) is 3.19. The standard InChI is InChI=1S/C18H17N5O4S/c1-28(26,27)23-9-8-11-10-12(6-7-15(11)23)16(24)21-22-18-19-14-5-3-2-4-13(14)17(25)20-18/h2-7,10H,8-9H2,1H3,(H,21,24)(H2,19,20,22,25). The Hall–Kier alpha value is -3.40. The minimum atomic E-state index is -3.34. The summed E-state index contributed by atoms with van der Waals surface area (Å²) < 4.78 is 24.9. The number of rotatable bonds is 4. The summed E-state index contributed by atoms with van der Waals surface area (Å²) >= 11 is 0. The molecule has 0 aliphatic carbocycles. The molecule has 3 N–H and O–H groups in total. The minimum Gasteiger partial charge on any atom is -0.291 e. The van der Waals surface area contributed by atoms with Crippen molar-refractivity contribution in [2.45, 2.75) is 6.42 Å². The van der Waals surface area contributed by atoms with E-state index in [0.717, 1.165) is 11.8 Å². The first-order valence-electron chi connectivity index (χ1n) is 8.49. The normalized spacial score (nSPS) is 13.4. The lowest BCUT2D eigenvalue weighted by atomic mass is 10.1. The number of hydrogen-bond donors (Lipinski definition) is 3. The fraction of sp³-hybridized carbons (Fsp3) is 0.167. The summed E-state index contributed by atoms with van der Waals surface area (Å²) in [5.41, 5.74) is 7.02. The molecule has 4 rings (SSSR count). The van der Waals surface area contributed by atoms with E-state index >= 15 is 0 Å². The Morgan fingerprint density at radius 2 is 2.00 bits per heavy atom. The molecule has 3 aromatic rings. The third kappa shape index (κ3) is 3.29. The van der Waals surface area contributed by atoms with Crippen molar-refractivity contribution < 1.29 is 13.2 Å². The van der Waals surface area contributed by atoms with Crippen LogP contribution < -0.4 is 20.7 Å². The number of hydrogen-bond acceptors (Lipinski definition) is 6. The number of aromatic amines is 1. The van der Waals surface area contributed by atoms with Gasteiger partial charge >= 0.3 is 0 Å². The van der Waals surface area contributed by atoms with Crippen molar-refractivity contribution in [2.75, 3.05) is 22.5 Å². The van der Waals surface area contributed by atoms with Crippen LogP contribution in [0.25, 0.3) is 10.9 Å². The molecule has 0 fully saturated rings. The summed E-state index contributed by atoms with van der Waals surface area (Å²) in [5, 5.41) is 0.452. The van der Waals surface area contributed by atoms with E-state index in [1.807, 2.05) is 0 Å². The predicted molar refractivity (Wildman–Crippen MR) is 106 cm³/mol. The zero-order chi connectivity index (χ0) is 19.9. The van der Waals surface area contributed by atoms with Crippen LogP contribution in [0.5, 0.6) is 0 Å². The molecule has 1 amide bonds. The molecule has 0 saturated carbocycles. The number of benzene rings is 2. The number of sulfonamides is 1. The third-order valence-electron chi connectivity index (χ3n) is 4.50. The second-order valence-electron chi connectivity index (χ2n) is 6.44. The molecule has 2 aromatic carbocycles. The van der Waals surface area contributed by atoms with Crippen LogP contribution in [-0.4, -0.2) is 37.1 Å². The van der Waals surface area contributed by atoms with Gasteiger partial charge in [0.2, 0.25) is 16.0 Å². The van der Waals surface area contributed by atoms with Gasteiger partial charge in [-0.3, -0.25) is 29.7 Å². The number of para-hydroxylation sites is 1. The number of aromatic nitrogens is 2. The zero-order valence-corrected chi connectivity index (χ0v) is 15.7. The van der Waals surface area contributed by atoms with Crippen molar-refractivity contribution in [1.29, 1.82) is 0 Å².